The molecule has 166 valence electrons. The van der Waals surface area contributed by atoms with E-state index in [1.54, 1.807) is 18.7 Å². The summed E-state index contributed by atoms with van der Waals surface area (Å²) in [5.74, 6) is 0.831. The highest BCUT2D eigenvalue weighted by molar-refractivity contribution is 5.74. The summed E-state index contributed by atoms with van der Waals surface area (Å²) >= 11 is 0. The average molecular weight is 438 g/mol. The second kappa shape index (κ2) is 9.21. The molecule has 1 atom stereocenters. The monoisotopic (exact) mass is 437 g/mol. The quantitative estimate of drug-likeness (QED) is 0.482. The summed E-state index contributed by atoms with van der Waals surface area (Å²) in [7, 11) is 0. The maximum atomic E-state index is 9.62. The fourth-order valence-electron chi connectivity index (χ4n) is 4.22. The molecule has 2 aromatic heterocycles. The molecule has 7 heteroatoms. The van der Waals surface area contributed by atoms with E-state index < -0.39 is 0 Å². The van der Waals surface area contributed by atoms with Gasteiger partial charge in [0.15, 0.2) is 0 Å². The molecule has 0 spiro atoms. The highest BCUT2D eigenvalue weighted by Crippen LogP contribution is 2.31. The predicted molar refractivity (Wildman–Crippen MR) is 131 cm³/mol. The van der Waals surface area contributed by atoms with Crippen molar-refractivity contribution in [3.8, 4) is 6.07 Å². The van der Waals surface area contributed by atoms with Crippen molar-refractivity contribution in [1.82, 2.24) is 19.9 Å². The molecule has 3 heterocycles. The Balaban J connectivity index is 0.00000259. The minimum absolute atomic E-state index is 0. The first-order valence-corrected chi connectivity index (χ1v) is 10.7. The van der Waals surface area contributed by atoms with Crippen molar-refractivity contribution in [2.45, 2.75) is 40.3 Å². The lowest BCUT2D eigenvalue weighted by atomic mass is 10.0. The number of nitriles is 1. The number of fused-ring (bicyclic) bond motifs is 2. The van der Waals surface area contributed by atoms with Gasteiger partial charge >= 0.3 is 0 Å². The first-order valence-electron chi connectivity index (χ1n) is 10.7. The van der Waals surface area contributed by atoms with Crippen molar-refractivity contribution in [2.75, 3.05) is 16.8 Å². The lowest BCUT2D eigenvalue weighted by Gasteiger charge is -2.32. The number of nitrogens with one attached hydrogen (secondary N) is 1. The molecule has 0 amide bonds. The largest absolute Gasteiger partial charge is 0.366 e. The standard InChI is InChI=1S/C25H23N7.CH4/c1-16-3-6-24(19(11-16)13-26)32-10-7-21-20(14-32)25(30-15-29-21)31-17(2)18-4-5-22-23(12-18)28-9-8-27-22;/h3-6,8-9,11-12,15,17H,7,10,14H2,1-2H3,(H,29,30,31);1H4/t17-;/m1./s1. The van der Waals surface area contributed by atoms with Crippen LogP contribution in [0.4, 0.5) is 11.5 Å². The van der Waals surface area contributed by atoms with Crippen molar-refractivity contribution >= 4 is 22.5 Å². The zero-order valence-electron chi connectivity index (χ0n) is 18.1. The van der Waals surface area contributed by atoms with Crippen LogP contribution in [-0.4, -0.2) is 26.5 Å². The molecular formula is C26H27N7. The summed E-state index contributed by atoms with van der Waals surface area (Å²) in [6.45, 7) is 5.60. The van der Waals surface area contributed by atoms with Crippen molar-refractivity contribution in [3.63, 3.8) is 0 Å². The number of aryl methyl sites for hydroxylation is 1. The van der Waals surface area contributed by atoms with Gasteiger partial charge in [0.25, 0.3) is 0 Å². The molecule has 0 saturated carbocycles. The maximum Gasteiger partial charge on any atom is 0.135 e. The Hall–Kier alpha value is -4.05. The fraction of sp³-hybridized carbons (Fsp3) is 0.269. The third-order valence-corrected chi connectivity index (χ3v) is 5.96. The van der Waals surface area contributed by atoms with E-state index in [-0.39, 0.29) is 13.5 Å². The summed E-state index contributed by atoms with van der Waals surface area (Å²) in [5, 5.41) is 13.2. The number of hydrogen-bond donors (Lipinski definition) is 1. The lowest BCUT2D eigenvalue weighted by Crippen LogP contribution is -2.32. The summed E-state index contributed by atoms with van der Waals surface area (Å²) in [6.07, 6.45) is 5.85. The average Bonchev–Trinajstić information content (AvgIpc) is 2.83. The van der Waals surface area contributed by atoms with Crippen molar-refractivity contribution in [3.05, 3.63) is 83.1 Å². The molecule has 33 heavy (non-hydrogen) atoms. The molecule has 0 unspecified atom stereocenters. The minimum Gasteiger partial charge on any atom is -0.366 e. The van der Waals surface area contributed by atoms with Gasteiger partial charge in [-0.3, -0.25) is 9.97 Å². The van der Waals surface area contributed by atoms with E-state index in [1.165, 1.54) is 0 Å². The predicted octanol–water partition coefficient (Wildman–Crippen LogP) is 4.97. The van der Waals surface area contributed by atoms with Crippen LogP contribution in [0.2, 0.25) is 0 Å². The number of aromatic nitrogens is 4. The number of hydrogen-bond acceptors (Lipinski definition) is 7. The molecule has 1 N–H and O–H groups in total. The van der Waals surface area contributed by atoms with Crippen LogP contribution in [0.5, 0.6) is 0 Å². The Morgan fingerprint density at radius 1 is 1.03 bits per heavy atom. The van der Waals surface area contributed by atoms with Crippen molar-refractivity contribution < 1.29 is 0 Å². The van der Waals surface area contributed by atoms with E-state index in [9.17, 15) is 5.26 Å². The lowest BCUT2D eigenvalue weighted by molar-refractivity contribution is 0.702. The zero-order valence-corrected chi connectivity index (χ0v) is 18.1. The van der Waals surface area contributed by atoms with E-state index in [1.807, 2.05) is 25.1 Å². The molecule has 1 aliphatic heterocycles. The van der Waals surface area contributed by atoms with Gasteiger partial charge < -0.3 is 10.2 Å². The van der Waals surface area contributed by atoms with Crippen LogP contribution < -0.4 is 10.2 Å². The molecule has 0 aliphatic carbocycles. The van der Waals surface area contributed by atoms with Gasteiger partial charge in [-0.2, -0.15) is 5.26 Å². The molecule has 0 radical (unpaired) electrons. The molecule has 0 fully saturated rings. The number of rotatable bonds is 4. The maximum absolute atomic E-state index is 9.62. The number of anilines is 2. The molecular weight excluding hydrogens is 410 g/mol. The Labute approximate surface area is 194 Å². The van der Waals surface area contributed by atoms with E-state index >= 15 is 0 Å². The Morgan fingerprint density at radius 3 is 2.67 bits per heavy atom. The normalized spacial score (nSPS) is 13.5. The molecule has 5 rings (SSSR count). The van der Waals surface area contributed by atoms with Gasteiger partial charge in [0.1, 0.15) is 18.2 Å². The van der Waals surface area contributed by atoms with Gasteiger partial charge in [0.05, 0.1) is 34.0 Å². The smallest absolute Gasteiger partial charge is 0.135 e. The van der Waals surface area contributed by atoms with Gasteiger partial charge in [-0.15, -0.1) is 0 Å². The Bertz CT molecular complexity index is 1340. The van der Waals surface area contributed by atoms with E-state index in [0.29, 0.717) is 12.1 Å². The van der Waals surface area contributed by atoms with Crippen molar-refractivity contribution in [2.24, 2.45) is 0 Å². The summed E-state index contributed by atoms with van der Waals surface area (Å²) in [6, 6.07) is 14.5. The van der Waals surface area contributed by atoms with Crippen LogP contribution >= 0.6 is 0 Å². The summed E-state index contributed by atoms with van der Waals surface area (Å²) < 4.78 is 0. The summed E-state index contributed by atoms with van der Waals surface area (Å²) in [4.78, 5) is 20.1. The van der Waals surface area contributed by atoms with Gasteiger partial charge in [0.2, 0.25) is 0 Å². The highest BCUT2D eigenvalue weighted by Gasteiger charge is 2.24. The molecule has 4 aromatic rings. The third-order valence-electron chi connectivity index (χ3n) is 5.96. The third kappa shape index (κ3) is 4.33. The van der Waals surface area contributed by atoms with Gasteiger partial charge in [-0.25, -0.2) is 9.97 Å². The first kappa shape index (κ1) is 22.2. The number of benzene rings is 2. The topological polar surface area (TPSA) is 90.6 Å². The fourth-order valence-corrected chi connectivity index (χ4v) is 4.22. The minimum atomic E-state index is 0. The van der Waals surface area contributed by atoms with Gasteiger partial charge in [0, 0.05) is 37.5 Å². The molecule has 0 bridgehead atoms. The summed E-state index contributed by atoms with van der Waals surface area (Å²) in [5.41, 5.74) is 7.75. The second-order valence-electron chi connectivity index (χ2n) is 8.12. The van der Waals surface area contributed by atoms with Crippen LogP contribution in [-0.2, 0) is 13.0 Å². The van der Waals surface area contributed by atoms with E-state index in [0.717, 1.165) is 57.9 Å². The molecule has 1 aliphatic rings. The zero-order chi connectivity index (χ0) is 22.1. The number of nitrogens with zero attached hydrogens (tertiary/aromatic N) is 6. The van der Waals surface area contributed by atoms with Crippen LogP contribution in [0.1, 0.15) is 48.3 Å². The van der Waals surface area contributed by atoms with E-state index in [4.69, 9.17) is 0 Å². The molecule has 0 saturated heterocycles. The van der Waals surface area contributed by atoms with Crippen LogP contribution in [0.15, 0.2) is 55.1 Å². The van der Waals surface area contributed by atoms with Gasteiger partial charge in [-0.05, 0) is 49.2 Å². The molecule has 7 nitrogen and oxygen atoms in total. The van der Waals surface area contributed by atoms with E-state index in [2.05, 4.69) is 61.3 Å². The van der Waals surface area contributed by atoms with Gasteiger partial charge in [-0.1, -0.05) is 19.6 Å². The SMILES string of the molecule is C.Cc1ccc(N2CCc3ncnc(N[C@H](C)c4ccc5nccnc5c4)c3C2)c(C#N)c1. The van der Waals surface area contributed by atoms with Crippen molar-refractivity contribution in [1.29, 1.82) is 5.26 Å². The Morgan fingerprint density at radius 2 is 1.85 bits per heavy atom. The first-order chi connectivity index (χ1) is 15.6. The highest BCUT2D eigenvalue weighted by atomic mass is 15.2. The van der Waals surface area contributed by atoms with Crippen LogP contribution in [0.25, 0.3) is 11.0 Å². The molecule has 2 aromatic carbocycles. The Kier molecular flexibility index (Phi) is 6.18. The van der Waals surface area contributed by atoms with Crippen LogP contribution in [0.3, 0.4) is 0 Å². The van der Waals surface area contributed by atoms with Crippen LogP contribution in [0, 0.1) is 18.3 Å². The second-order valence-corrected chi connectivity index (χ2v) is 8.12.